The molecule has 1 unspecified atom stereocenters. The van der Waals surface area contributed by atoms with E-state index < -0.39 is 37.7 Å². The van der Waals surface area contributed by atoms with Crippen molar-refractivity contribution in [3.05, 3.63) is 0 Å². The molecule has 0 spiro atoms. The molecule has 0 amide bonds. The summed E-state index contributed by atoms with van der Waals surface area (Å²) in [4.78, 5) is 11.3. The zero-order valence-corrected chi connectivity index (χ0v) is 4.26. The predicted molar refractivity (Wildman–Crippen MR) is 30.8 cm³/mol. The van der Waals surface area contributed by atoms with Gasteiger partial charge in [-0.3, -0.25) is 4.79 Å². The first kappa shape index (κ1) is 1.53. The summed E-state index contributed by atoms with van der Waals surface area (Å²) in [5.41, 5.74) is -3.87. The second kappa shape index (κ2) is 1.99. The molecule has 1 N–H and O–H groups in total. The summed E-state index contributed by atoms with van der Waals surface area (Å²) in [5, 5.41) is 9.92. The monoisotopic (exact) mass is 139 g/mol. The van der Waals surface area contributed by atoms with Gasteiger partial charge in [-0.2, -0.15) is 0 Å². The lowest BCUT2D eigenvalue weighted by Crippen LogP contribution is -2.35. The summed E-state index contributed by atoms with van der Waals surface area (Å²) in [6.07, 6.45) is -7.28. The molecule has 3 heteroatoms. The first-order chi connectivity index (χ1) is 7.63. The Morgan fingerprint density at radius 2 is 2.89 bits per heavy atom. The van der Waals surface area contributed by atoms with E-state index in [1.165, 1.54) is 0 Å². The smallest absolute Gasteiger partial charge is 0.308 e. The van der Waals surface area contributed by atoms with Gasteiger partial charge in [0, 0.05) is 16.0 Å². The molecule has 0 bridgehead atoms. The molecule has 1 aliphatic heterocycles. The molecule has 1 heterocycles. The lowest BCUT2D eigenvalue weighted by Gasteiger charge is -2.26. The number of cyclic esters (lactones) is 1. The van der Waals surface area contributed by atoms with Crippen molar-refractivity contribution in [2.75, 3.05) is 6.56 Å². The first-order valence-electron chi connectivity index (χ1n) is 6.59. The van der Waals surface area contributed by atoms with E-state index in [2.05, 4.69) is 4.74 Å². The lowest BCUT2D eigenvalue weighted by molar-refractivity contribution is -0.157. The molecular weight excluding hydrogens is 120 g/mol. The summed E-state index contributed by atoms with van der Waals surface area (Å²) < 4.78 is 68.5. The van der Waals surface area contributed by atoms with Gasteiger partial charge in [-0.1, -0.05) is 0 Å². The molecule has 0 radical (unpaired) electrons. The molecule has 1 aliphatic rings. The maximum Gasteiger partial charge on any atom is 0.308 e. The van der Waals surface area contributed by atoms with Crippen LogP contribution in [0.2, 0.25) is 0 Å². The Morgan fingerprint density at radius 3 is 3.56 bits per heavy atom. The van der Waals surface area contributed by atoms with E-state index in [-0.39, 0.29) is 0 Å². The molecule has 9 heavy (non-hydrogen) atoms. The Labute approximate surface area is 66.3 Å². The van der Waals surface area contributed by atoms with Gasteiger partial charge in [-0.15, -0.1) is 0 Å². The van der Waals surface area contributed by atoms with Gasteiger partial charge in [0.05, 0.1) is 21.3 Å². The van der Waals surface area contributed by atoms with Crippen LogP contribution in [-0.2, 0) is 9.53 Å². The average Bonchev–Trinajstić information content (AvgIpc) is 2.11. The molecule has 3 nitrogen and oxygen atoms in total. The minimum absolute atomic E-state index is 1.97. The summed E-state index contributed by atoms with van der Waals surface area (Å²) in [5.74, 6) is -1.97. The Balaban J connectivity index is 3.63. The highest BCUT2D eigenvalue weighted by Gasteiger charge is 2.29. The molecule has 0 aromatic carbocycles. The van der Waals surface area contributed by atoms with Crippen molar-refractivity contribution in [3.63, 3.8) is 0 Å². The maximum atomic E-state index is 11.3. The van der Waals surface area contributed by atoms with Gasteiger partial charge in [-0.25, -0.2) is 0 Å². The van der Waals surface area contributed by atoms with Crippen LogP contribution >= 0.6 is 0 Å². The highest BCUT2D eigenvalue weighted by atomic mass is 16.5. The van der Waals surface area contributed by atoms with Crippen molar-refractivity contribution in [1.29, 1.82) is 0 Å². The standard InChI is InChI=1S/C6H10O3/c1-6(8)2-3-9-5(7)4-6/h8H,2-4H2,1H3/i1D3,2D2,3D2,4D2. The van der Waals surface area contributed by atoms with E-state index in [4.69, 9.17) is 12.3 Å². The van der Waals surface area contributed by atoms with Crippen LogP contribution in [0.25, 0.3) is 0 Å². The van der Waals surface area contributed by atoms with Gasteiger partial charge in [-0.05, 0) is 6.85 Å². The van der Waals surface area contributed by atoms with Gasteiger partial charge in [0.1, 0.15) is 0 Å². The quantitative estimate of drug-likeness (QED) is 0.483. The third kappa shape index (κ3) is 1.68. The largest absolute Gasteiger partial charge is 0.465 e. The molecule has 0 aromatic heterocycles. The van der Waals surface area contributed by atoms with Crippen molar-refractivity contribution in [2.24, 2.45) is 0 Å². The molecule has 0 aliphatic carbocycles. The molecule has 0 aromatic rings. The fourth-order valence-electron chi connectivity index (χ4n) is 0.350. The second-order valence-electron chi connectivity index (χ2n) is 1.45. The SMILES string of the molecule is [2H]C([2H])([2H])C1(O)C([2H])([2H])C(=O)OC([2H])([2H])C1([2H])[2H]. The maximum absolute atomic E-state index is 11.3. The highest BCUT2D eigenvalue weighted by Crippen LogP contribution is 2.19. The van der Waals surface area contributed by atoms with Crippen LogP contribution in [0.1, 0.15) is 31.9 Å². The highest BCUT2D eigenvalue weighted by molar-refractivity contribution is 5.71. The summed E-state index contributed by atoms with van der Waals surface area (Å²) in [6, 6.07) is 0. The zero-order valence-electron chi connectivity index (χ0n) is 13.3. The van der Waals surface area contributed by atoms with Crippen molar-refractivity contribution in [3.8, 4) is 0 Å². The molecule has 0 saturated carbocycles. The lowest BCUT2D eigenvalue weighted by atomic mass is 9.97. The normalized spacial score (nSPS) is 69.0. The topological polar surface area (TPSA) is 46.5 Å². The third-order valence-electron chi connectivity index (χ3n) is 0.659. The van der Waals surface area contributed by atoms with E-state index >= 15 is 0 Å². The number of carbonyl (C=O) groups excluding carboxylic acids is 1. The van der Waals surface area contributed by atoms with Gasteiger partial charge < -0.3 is 9.84 Å². The van der Waals surface area contributed by atoms with Crippen LogP contribution in [0.5, 0.6) is 0 Å². The third-order valence-corrected chi connectivity index (χ3v) is 0.659. The number of ether oxygens (including phenoxy) is 1. The van der Waals surface area contributed by atoms with Gasteiger partial charge >= 0.3 is 5.97 Å². The fourth-order valence-corrected chi connectivity index (χ4v) is 0.350. The minimum atomic E-state index is -3.87. The molecule has 52 valence electrons. The zero-order chi connectivity index (χ0) is 14.8. The number of hydrogen-bond acceptors (Lipinski definition) is 3. The fraction of sp³-hybridized carbons (Fsp3) is 0.833. The van der Waals surface area contributed by atoms with Gasteiger partial charge in [0.25, 0.3) is 0 Å². The van der Waals surface area contributed by atoms with Crippen molar-refractivity contribution < 1.29 is 27.0 Å². The Hall–Kier alpha value is -0.570. The van der Waals surface area contributed by atoms with Crippen LogP contribution in [0, 0.1) is 0 Å². The second-order valence-corrected chi connectivity index (χ2v) is 1.45. The predicted octanol–water partition coefficient (Wildman–Crippen LogP) is 0.0744. The van der Waals surface area contributed by atoms with E-state index in [1.54, 1.807) is 0 Å². The molecule has 1 fully saturated rings. The Bertz CT molecular complexity index is 386. The van der Waals surface area contributed by atoms with Gasteiger partial charge in [0.15, 0.2) is 0 Å². The van der Waals surface area contributed by atoms with E-state index in [0.717, 1.165) is 0 Å². The number of esters is 1. The van der Waals surface area contributed by atoms with Crippen LogP contribution in [-0.4, -0.2) is 23.2 Å². The average molecular weight is 139 g/mol. The van der Waals surface area contributed by atoms with Crippen molar-refractivity contribution >= 4 is 5.97 Å². The van der Waals surface area contributed by atoms with Crippen molar-refractivity contribution in [2.45, 2.75) is 25.2 Å². The number of hydrogen-bond donors (Lipinski definition) is 1. The Kier molecular flexibility index (Phi) is 0.338. The molecular formula is C6H10O3. The summed E-state index contributed by atoms with van der Waals surface area (Å²) in [7, 11) is 0. The summed E-state index contributed by atoms with van der Waals surface area (Å²) >= 11 is 0. The van der Waals surface area contributed by atoms with E-state index in [1.807, 2.05) is 0 Å². The summed E-state index contributed by atoms with van der Waals surface area (Å²) in [6.45, 7) is -7.15. The Morgan fingerprint density at radius 1 is 2.11 bits per heavy atom. The van der Waals surface area contributed by atoms with Crippen molar-refractivity contribution in [1.82, 2.24) is 0 Å². The number of carbonyl (C=O) groups is 1. The number of rotatable bonds is 0. The first-order valence-corrected chi connectivity index (χ1v) is 2.09. The number of aliphatic hydroxyl groups is 1. The van der Waals surface area contributed by atoms with Gasteiger partial charge in [0.2, 0.25) is 0 Å². The minimum Gasteiger partial charge on any atom is -0.465 e. The van der Waals surface area contributed by atoms with E-state index in [0.29, 0.717) is 0 Å². The molecule has 1 atom stereocenters. The van der Waals surface area contributed by atoms with E-state index in [9.17, 15) is 9.90 Å². The van der Waals surface area contributed by atoms with Crippen LogP contribution in [0.15, 0.2) is 0 Å². The molecule has 1 saturated heterocycles. The molecule has 1 rings (SSSR count). The van der Waals surface area contributed by atoms with Crippen LogP contribution in [0.4, 0.5) is 0 Å². The van der Waals surface area contributed by atoms with Crippen LogP contribution in [0.3, 0.4) is 0 Å². The van der Waals surface area contributed by atoms with Crippen LogP contribution < -0.4 is 0 Å².